The molecule has 0 radical (unpaired) electrons. The molecule has 3 rings (SSSR count). The molecule has 0 saturated heterocycles. The molecule has 1 unspecified atom stereocenters. The normalized spacial score (nSPS) is 17.8. The number of hydrogen-bond acceptors (Lipinski definition) is 3. The Balaban J connectivity index is 1.84. The first-order chi connectivity index (χ1) is 9.22. The lowest BCUT2D eigenvalue weighted by molar-refractivity contribution is 0.584. The predicted octanol–water partition coefficient (Wildman–Crippen LogP) is 2.32. The molecular formula is C14H16N4S. The van der Waals surface area contributed by atoms with E-state index >= 15 is 0 Å². The topological polar surface area (TPSA) is 77.3 Å². The molecule has 5 heteroatoms. The second kappa shape index (κ2) is 5.01. The Hall–Kier alpha value is -1.88. The van der Waals surface area contributed by atoms with Crippen LogP contribution in [0.2, 0.25) is 0 Å². The van der Waals surface area contributed by atoms with Crippen molar-refractivity contribution in [3.05, 3.63) is 46.5 Å². The number of benzene rings is 1. The minimum Gasteiger partial charge on any atom is -0.370 e. The van der Waals surface area contributed by atoms with Crippen LogP contribution < -0.4 is 11.5 Å². The van der Waals surface area contributed by atoms with E-state index in [2.05, 4.69) is 40.3 Å². The Morgan fingerprint density at radius 2 is 2.05 bits per heavy atom. The SMILES string of the molecule is NC(N)=Nc1nc2c(s1)CC(c1ccccc1)CC2. The monoisotopic (exact) mass is 272 g/mol. The van der Waals surface area contributed by atoms with Crippen LogP contribution in [-0.4, -0.2) is 10.9 Å². The van der Waals surface area contributed by atoms with Crippen LogP contribution in [0.15, 0.2) is 35.3 Å². The average Bonchev–Trinajstić information content (AvgIpc) is 2.79. The van der Waals surface area contributed by atoms with E-state index in [4.69, 9.17) is 11.5 Å². The van der Waals surface area contributed by atoms with Crippen molar-refractivity contribution in [3.8, 4) is 0 Å². The van der Waals surface area contributed by atoms with Crippen LogP contribution in [0.1, 0.15) is 28.5 Å². The summed E-state index contributed by atoms with van der Waals surface area (Å²) in [6, 6.07) is 10.7. The van der Waals surface area contributed by atoms with Gasteiger partial charge in [0.15, 0.2) is 5.96 Å². The number of nitrogens with two attached hydrogens (primary N) is 2. The Kier molecular flexibility index (Phi) is 3.21. The molecular weight excluding hydrogens is 256 g/mol. The van der Waals surface area contributed by atoms with Crippen LogP contribution in [-0.2, 0) is 12.8 Å². The van der Waals surface area contributed by atoms with Crippen molar-refractivity contribution in [2.75, 3.05) is 0 Å². The number of thiazole rings is 1. The number of fused-ring (bicyclic) bond motifs is 1. The molecule has 0 amide bonds. The van der Waals surface area contributed by atoms with Crippen molar-refractivity contribution in [2.45, 2.75) is 25.2 Å². The first kappa shape index (κ1) is 12.2. The van der Waals surface area contributed by atoms with Crippen LogP contribution in [0.25, 0.3) is 0 Å². The average molecular weight is 272 g/mol. The molecule has 2 aromatic rings. The number of aromatic nitrogens is 1. The molecule has 1 aromatic carbocycles. The zero-order valence-electron chi connectivity index (χ0n) is 10.5. The lowest BCUT2D eigenvalue weighted by Crippen LogP contribution is -2.21. The highest BCUT2D eigenvalue weighted by atomic mass is 32.1. The minimum atomic E-state index is 0.0747. The second-order valence-corrected chi connectivity index (χ2v) is 5.82. The summed E-state index contributed by atoms with van der Waals surface area (Å²) in [5.74, 6) is 0.659. The molecule has 4 N–H and O–H groups in total. The predicted molar refractivity (Wildman–Crippen MR) is 78.8 cm³/mol. The van der Waals surface area contributed by atoms with Crippen molar-refractivity contribution >= 4 is 22.4 Å². The smallest absolute Gasteiger partial charge is 0.212 e. The molecule has 1 atom stereocenters. The number of guanidine groups is 1. The third-order valence-corrected chi connectivity index (χ3v) is 4.44. The lowest BCUT2D eigenvalue weighted by atomic mass is 9.85. The van der Waals surface area contributed by atoms with Gasteiger partial charge in [-0.3, -0.25) is 0 Å². The Morgan fingerprint density at radius 3 is 2.79 bits per heavy atom. The molecule has 1 aliphatic rings. The molecule has 0 saturated carbocycles. The van der Waals surface area contributed by atoms with Gasteiger partial charge in [-0.1, -0.05) is 41.7 Å². The summed E-state index contributed by atoms with van der Waals surface area (Å²) >= 11 is 1.60. The molecule has 1 aromatic heterocycles. The Morgan fingerprint density at radius 1 is 1.26 bits per heavy atom. The molecule has 4 nitrogen and oxygen atoms in total. The van der Waals surface area contributed by atoms with Gasteiger partial charge >= 0.3 is 0 Å². The lowest BCUT2D eigenvalue weighted by Gasteiger charge is -2.21. The van der Waals surface area contributed by atoms with Gasteiger partial charge in [-0.15, -0.1) is 0 Å². The maximum absolute atomic E-state index is 5.40. The number of hydrogen-bond donors (Lipinski definition) is 2. The summed E-state index contributed by atoms with van der Waals surface area (Å²) < 4.78 is 0. The number of rotatable bonds is 2. The molecule has 19 heavy (non-hydrogen) atoms. The van der Waals surface area contributed by atoms with E-state index < -0.39 is 0 Å². The number of aryl methyl sites for hydroxylation is 1. The van der Waals surface area contributed by atoms with Crippen LogP contribution in [0.3, 0.4) is 0 Å². The highest BCUT2D eigenvalue weighted by Crippen LogP contribution is 2.37. The quantitative estimate of drug-likeness (QED) is 0.650. The maximum Gasteiger partial charge on any atom is 0.212 e. The number of nitrogens with zero attached hydrogens (tertiary/aromatic N) is 2. The number of aliphatic imine (C=N–C) groups is 1. The van der Waals surface area contributed by atoms with Crippen LogP contribution in [0, 0.1) is 0 Å². The second-order valence-electron chi connectivity index (χ2n) is 4.75. The first-order valence-corrected chi connectivity index (χ1v) is 7.17. The highest BCUT2D eigenvalue weighted by molar-refractivity contribution is 7.15. The van der Waals surface area contributed by atoms with Gasteiger partial charge in [-0.2, -0.15) is 4.99 Å². The highest BCUT2D eigenvalue weighted by Gasteiger charge is 2.23. The third kappa shape index (κ3) is 2.61. The van der Waals surface area contributed by atoms with Crippen molar-refractivity contribution in [1.29, 1.82) is 0 Å². The van der Waals surface area contributed by atoms with Gasteiger partial charge in [-0.25, -0.2) is 4.98 Å². The summed E-state index contributed by atoms with van der Waals surface area (Å²) in [4.78, 5) is 9.85. The fourth-order valence-electron chi connectivity index (χ4n) is 2.53. The van der Waals surface area contributed by atoms with E-state index in [0.717, 1.165) is 25.0 Å². The standard InChI is InChI=1S/C14H16N4S/c15-13(16)18-14-17-11-7-6-10(8-12(11)19-14)9-4-2-1-3-5-9/h1-5,10H,6-8H2,(H4,15,16,17,18). The summed E-state index contributed by atoms with van der Waals surface area (Å²) in [7, 11) is 0. The van der Waals surface area contributed by atoms with Crippen molar-refractivity contribution < 1.29 is 0 Å². The first-order valence-electron chi connectivity index (χ1n) is 6.35. The molecule has 1 heterocycles. The zero-order valence-corrected chi connectivity index (χ0v) is 11.4. The van der Waals surface area contributed by atoms with Gasteiger partial charge in [0.1, 0.15) is 0 Å². The summed E-state index contributed by atoms with van der Waals surface area (Å²) in [6.45, 7) is 0. The van der Waals surface area contributed by atoms with Crippen molar-refractivity contribution in [3.63, 3.8) is 0 Å². The molecule has 0 spiro atoms. The van der Waals surface area contributed by atoms with E-state index in [1.165, 1.54) is 10.4 Å². The molecule has 98 valence electrons. The van der Waals surface area contributed by atoms with Gasteiger partial charge < -0.3 is 11.5 Å². The van der Waals surface area contributed by atoms with Crippen molar-refractivity contribution in [1.82, 2.24) is 4.98 Å². The van der Waals surface area contributed by atoms with Gasteiger partial charge in [-0.05, 0) is 30.7 Å². The maximum atomic E-state index is 5.40. The summed E-state index contributed by atoms with van der Waals surface area (Å²) in [5.41, 5.74) is 13.4. The fraction of sp³-hybridized carbons (Fsp3) is 0.286. The molecule has 0 fully saturated rings. The van der Waals surface area contributed by atoms with Crippen LogP contribution in [0.4, 0.5) is 5.13 Å². The van der Waals surface area contributed by atoms with Gasteiger partial charge in [0.2, 0.25) is 5.13 Å². The third-order valence-electron chi connectivity index (χ3n) is 3.42. The van der Waals surface area contributed by atoms with E-state index in [1.54, 1.807) is 11.3 Å². The van der Waals surface area contributed by atoms with E-state index in [0.29, 0.717) is 11.0 Å². The van der Waals surface area contributed by atoms with Gasteiger partial charge in [0.05, 0.1) is 5.69 Å². The summed E-state index contributed by atoms with van der Waals surface area (Å²) in [6.07, 6.45) is 3.18. The van der Waals surface area contributed by atoms with Gasteiger partial charge in [0, 0.05) is 4.88 Å². The minimum absolute atomic E-state index is 0.0747. The molecule has 1 aliphatic carbocycles. The van der Waals surface area contributed by atoms with Crippen molar-refractivity contribution in [2.24, 2.45) is 16.5 Å². The molecule has 0 aliphatic heterocycles. The largest absolute Gasteiger partial charge is 0.370 e. The fourth-order valence-corrected chi connectivity index (χ4v) is 3.61. The molecule has 0 bridgehead atoms. The van der Waals surface area contributed by atoms with Gasteiger partial charge in [0.25, 0.3) is 0 Å². The Labute approximate surface area is 116 Å². The van der Waals surface area contributed by atoms with E-state index in [9.17, 15) is 0 Å². The zero-order chi connectivity index (χ0) is 13.2. The van der Waals surface area contributed by atoms with Crippen LogP contribution >= 0.6 is 11.3 Å². The summed E-state index contributed by atoms with van der Waals surface area (Å²) in [5, 5.41) is 0.679. The van der Waals surface area contributed by atoms with E-state index in [1.807, 2.05) is 0 Å². The van der Waals surface area contributed by atoms with E-state index in [-0.39, 0.29) is 5.96 Å². The van der Waals surface area contributed by atoms with Crippen LogP contribution in [0.5, 0.6) is 0 Å². The Bertz CT molecular complexity index is 599.